The summed E-state index contributed by atoms with van der Waals surface area (Å²) in [5.74, 6) is 0.708. The molecular formula is C15H21ClN2O2. The van der Waals surface area contributed by atoms with Gasteiger partial charge >= 0.3 is 0 Å². The third kappa shape index (κ3) is 5.02. The molecule has 0 spiro atoms. The zero-order valence-electron chi connectivity index (χ0n) is 11.7. The van der Waals surface area contributed by atoms with Gasteiger partial charge in [0.25, 0.3) is 0 Å². The van der Waals surface area contributed by atoms with Crippen LogP contribution in [0, 0.1) is 0 Å². The van der Waals surface area contributed by atoms with Crippen molar-refractivity contribution in [2.75, 3.05) is 13.7 Å². The van der Waals surface area contributed by atoms with Crippen LogP contribution in [0.4, 0.5) is 0 Å². The van der Waals surface area contributed by atoms with Gasteiger partial charge in [-0.1, -0.05) is 17.7 Å². The Hall–Kier alpha value is -1.26. The Morgan fingerprint density at radius 1 is 1.45 bits per heavy atom. The second-order valence-corrected chi connectivity index (χ2v) is 5.45. The number of nitrogens with one attached hydrogen (secondary N) is 2. The van der Waals surface area contributed by atoms with Crippen molar-refractivity contribution in [3.05, 3.63) is 28.8 Å². The Kier molecular flexibility index (Phi) is 5.68. The SMILES string of the molecule is CNC(=O)CCCOc1ccc(CNC2CC2)cc1Cl. The third-order valence-electron chi connectivity index (χ3n) is 3.25. The van der Waals surface area contributed by atoms with Gasteiger partial charge in [0.05, 0.1) is 11.6 Å². The van der Waals surface area contributed by atoms with E-state index in [1.807, 2.05) is 18.2 Å². The van der Waals surface area contributed by atoms with Crippen molar-refractivity contribution in [1.29, 1.82) is 0 Å². The summed E-state index contributed by atoms with van der Waals surface area (Å²) in [6.07, 6.45) is 3.71. The van der Waals surface area contributed by atoms with E-state index in [2.05, 4.69) is 10.6 Å². The van der Waals surface area contributed by atoms with Crippen molar-refractivity contribution >= 4 is 17.5 Å². The fraction of sp³-hybridized carbons (Fsp3) is 0.533. The molecule has 1 aliphatic carbocycles. The minimum absolute atomic E-state index is 0.0289. The van der Waals surface area contributed by atoms with Crippen LogP contribution < -0.4 is 15.4 Å². The number of hydrogen-bond acceptors (Lipinski definition) is 3. The molecule has 0 aliphatic heterocycles. The minimum atomic E-state index is 0.0289. The highest BCUT2D eigenvalue weighted by molar-refractivity contribution is 6.32. The number of carbonyl (C=O) groups excluding carboxylic acids is 1. The molecule has 0 radical (unpaired) electrons. The van der Waals surface area contributed by atoms with Crippen molar-refractivity contribution in [2.24, 2.45) is 0 Å². The summed E-state index contributed by atoms with van der Waals surface area (Å²) in [5, 5.41) is 6.66. The summed E-state index contributed by atoms with van der Waals surface area (Å²) in [6.45, 7) is 1.34. The minimum Gasteiger partial charge on any atom is -0.492 e. The normalized spacial score (nSPS) is 14.1. The summed E-state index contributed by atoms with van der Waals surface area (Å²) >= 11 is 6.20. The Morgan fingerprint density at radius 3 is 2.90 bits per heavy atom. The van der Waals surface area contributed by atoms with E-state index in [0.717, 1.165) is 6.54 Å². The standard InChI is InChI=1S/C15H21ClN2O2/c1-17-15(19)3-2-8-20-14-7-4-11(9-13(14)16)10-18-12-5-6-12/h4,7,9,12,18H,2-3,5-6,8,10H2,1H3,(H,17,19). The molecule has 20 heavy (non-hydrogen) atoms. The third-order valence-corrected chi connectivity index (χ3v) is 3.55. The van der Waals surface area contributed by atoms with Gasteiger partial charge in [-0.25, -0.2) is 0 Å². The van der Waals surface area contributed by atoms with Crippen LogP contribution in [0.2, 0.25) is 5.02 Å². The van der Waals surface area contributed by atoms with Gasteiger partial charge in [0.2, 0.25) is 5.91 Å². The van der Waals surface area contributed by atoms with Crippen LogP contribution in [0.25, 0.3) is 0 Å². The highest BCUT2D eigenvalue weighted by Crippen LogP contribution is 2.26. The first kappa shape index (κ1) is 15.1. The molecule has 2 rings (SSSR count). The fourth-order valence-corrected chi connectivity index (χ4v) is 2.12. The Bertz CT molecular complexity index is 461. The van der Waals surface area contributed by atoms with Gasteiger partial charge < -0.3 is 15.4 Å². The molecule has 1 aromatic rings. The summed E-state index contributed by atoms with van der Waals surface area (Å²) < 4.78 is 5.59. The second kappa shape index (κ2) is 7.50. The lowest BCUT2D eigenvalue weighted by atomic mass is 10.2. The highest BCUT2D eigenvalue weighted by atomic mass is 35.5. The number of carbonyl (C=O) groups is 1. The number of amides is 1. The van der Waals surface area contributed by atoms with Crippen LogP contribution in [0.5, 0.6) is 5.75 Å². The lowest BCUT2D eigenvalue weighted by Gasteiger charge is -2.10. The molecular weight excluding hydrogens is 276 g/mol. The predicted molar refractivity (Wildman–Crippen MR) is 80.1 cm³/mol. The van der Waals surface area contributed by atoms with Gasteiger partial charge in [-0.3, -0.25) is 4.79 Å². The zero-order valence-corrected chi connectivity index (χ0v) is 12.5. The quantitative estimate of drug-likeness (QED) is 0.725. The number of rotatable bonds is 8. The maximum atomic E-state index is 11.1. The van der Waals surface area contributed by atoms with E-state index in [-0.39, 0.29) is 5.91 Å². The van der Waals surface area contributed by atoms with Crippen molar-refractivity contribution in [3.63, 3.8) is 0 Å². The van der Waals surface area contributed by atoms with E-state index in [4.69, 9.17) is 16.3 Å². The molecule has 0 atom stereocenters. The topological polar surface area (TPSA) is 50.4 Å². The molecule has 0 bridgehead atoms. The largest absolute Gasteiger partial charge is 0.492 e. The monoisotopic (exact) mass is 296 g/mol. The van der Waals surface area contributed by atoms with Crippen molar-refractivity contribution in [1.82, 2.24) is 10.6 Å². The molecule has 110 valence electrons. The van der Waals surface area contributed by atoms with Crippen LogP contribution in [0.15, 0.2) is 18.2 Å². The predicted octanol–water partition coefficient (Wildman–Crippen LogP) is 2.50. The van der Waals surface area contributed by atoms with Crippen molar-refractivity contribution in [2.45, 2.75) is 38.3 Å². The fourth-order valence-electron chi connectivity index (χ4n) is 1.86. The van der Waals surface area contributed by atoms with Crippen LogP contribution in [-0.2, 0) is 11.3 Å². The first-order valence-corrected chi connectivity index (χ1v) is 7.42. The molecule has 1 aliphatic rings. The molecule has 0 unspecified atom stereocenters. The summed E-state index contributed by atoms with van der Waals surface area (Å²) in [6, 6.07) is 6.54. The van der Waals surface area contributed by atoms with Crippen LogP contribution >= 0.6 is 11.6 Å². The molecule has 4 nitrogen and oxygen atoms in total. The van der Waals surface area contributed by atoms with Crippen LogP contribution in [0.1, 0.15) is 31.2 Å². The van der Waals surface area contributed by atoms with Crippen molar-refractivity contribution in [3.8, 4) is 5.75 Å². The van der Waals surface area contributed by atoms with Crippen LogP contribution in [-0.4, -0.2) is 25.6 Å². The smallest absolute Gasteiger partial charge is 0.219 e. The van der Waals surface area contributed by atoms with Crippen LogP contribution in [0.3, 0.4) is 0 Å². The molecule has 1 aromatic carbocycles. The summed E-state index contributed by atoms with van der Waals surface area (Å²) in [7, 11) is 1.63. The summed E-state index contributed by atoms with van der Waals surface area (Å²) in [5.41, 5.74) is 1.17. The Morgan fingerprint density at radius 2 is 2.25 bits per heavy atom. The lowest BCUT2D eigenvalue weighted by Crippen LogP contribution is -2.18. The molecule has 1 fully saturated rings. The number of ether oxygens (including phenoxy) is 1. The Balaban J connectivity index is 1.74. The zero-order chi connectivity index (χ0) is 14.4. The maximum Gasteiger partial charge on any atom is 0.219 e. The molecule has 5 heteroatoms. The maximum absolute atomic E-state index is 11.1. The van der Waals surface area contributed by atoms with E-state index in [1.54, 1.807) is 7.05 Å². The van der Waals surface area contributed by atoms with Gasteiger partial charge in [-0.05, 0) is 37.0 Å². The van der Waals surface area contributed by atoms with E-state index in [0.29, 0.717) is 36.3 Å². The Labute approximate surface area is 124 Å². The van der Waals surface area contributed by atoms with Gasteiger partial charge in [-0.15, -0.1) is 0 Å². The molecule has 1 amide bonds. The molecule has 2 N–H and O–H groups in total. The first-order valence-electron chi connectivity index (χ1n) is 7.04. The number of halogens is 1. The average Bonchev–Trinajstić information content (AvgIpc) is 3.27. The first-order chi connectivity index (χ1) is 9.69. The van der Waals surface area contributed by atoms with Gasteiger partial charge in [-0.2, -0.15) is 0 Å². The van der Waals surface area contributed by atoms with E-state index >= 15 is 0 Å². The number of hydrogen-bond donors (Lipinski definition) is 2. The molecule has 0 aromatic heterocycles. The van der Waals surface area contributed by atoms with Crippen molar-refractivity contribution < 1.29 is 9.53 Å². The molecule has 1 saturated carbocycles. The van der Waals surface area contributed by atoms with E-state index in [9.17, 15) is 4.79 Å². The summed E-state index contributed by atoms with van der Waals surface area (Å²) in [4.78, 5) is 11.1. The number of benzene rings is 1. The molecule has 0 heterocycles. The highest BCUT2D eigenvalue weighted by Gasteiger charge is 2.20. The molecule has 0 saturated heterocycles. The lowest BCUT2D eigenvalue weighted by molar-refractivity contribution is -0.120. The van der Waals surface area contributed by atoms with E-state index in [1.165, 1.54) is 18.4 Å². The van der Waals surface area contributed by atoms with Gasteiger partial charge in [0.1, 0.15) is 5.75 Å². The van der Waals surface area contributed by atoms with Gasteiger partial charge in [0, 0.05) is 26.1 Å². The van der Waals surface area contributed by atoms with Gasteiger partial charge in [0.15, 0.2) is 0 Å². The average molecular weight is 297 g/mol. The van der Waals surface area contributed by atoms with E-state index < -0.39 is 0 Å². The second-order valence-electron chi connectivity index (χ2n) is 5.05.